The second kappa shape index (κ2) is 4.72. The average molecular weight is 185 g/mol. The van der Waals surface area contributed by atoms with Crippen molar-refractivity contribution >= 4 is 5.78 Å². The smallest absolute Gasteiger partial charge is 0.146 e. The molecule has 0 bridgehead atoms. The van der Waals surface area contributed by atoms with Gasteiger partial charge in [-0.1, -0.05) is 6.42 Å². The highest BCUT2D eigenvalue weighted by atomic mass is 16.3. The monoisotopic (exact) mass is 185 g/mol. The van der Waals surface area contributed by atoms with Crippen molar-refractivity contribution in [3.63, 3.8) is 0 Å². The molecule has 0 aromatic heterocycles. The normalized spacial score (nSPS) is 27.2. The van der Waals surface area contributed by atoms with Gasteiger partial charge in [0.2, 0.25) is 0 Å². The van der Waals surface area contributed by atoms with Crippen LogP contribution in [0.3, 0.4) is 0 Å². The topological polar surface area (TPSA) is 40.5 Å². The minimum atomic E-state index is -0.0301. The molecule has 1 aliphatic rings. The Kier molecular flexibility index (Phi) is 3.88. The lowest BCUT2D eigenvalue weighted by atomic mass is 10.00. The van der Waals surface area contributed by atoms with Gasteiger partial charge in [0, 0.05) is 6.04 Å². The SMILES string of the molecule is CC(=O)C(C)N1CCCCC1CO. The molecule has 0 radical (unpaired) electrons. The summed E-state index contributed by atoms with van der Waals surface area (Å²) in [5.41, 5.74) is 0. The standard InChI is InChI=1S/C10H19NO2/c1-8(9(2)13)11-6-4-3-5-10(11)7-12/h8,10,12H,3-7H2,1-2H3. The summed E-state index contributed by atoms with van der Waals surface area (Å²) < 4.78 is 0. The summed E-state index contributed by atoms with van der Waals surface area (Å²) >= 11 is 0. The minimum Gasteiger partial charge on any atom is -0.395 e. The van der Waals surface area contributed by atoms with Gasteiger partial charge in [-0.05, 0) is 33.2 Å². The summed E-state index contributed by atoms with van der Waals surface area (Å²) in [6, 6.07) is 0.171. The Labute approximate surface area is 79.7 Å². The summed E-state index contributed by atoms with van der Waals surface area (Å²) in [6.45, 7) is 4.67. The van der Waals surface area contributed by atoms with Gasteiger partial charge in [0.15, 0.2) is 0 Å². The minimum absolute atomic E-state index is 0.0301. The van der Waals surface area contributed by atoms with Crippen LogP contribution in [-0.2, 0) is 4.79 Å². The van der Waals surface area contributed by atoms with Crippen molar-refractivity contribution in [2.75, 3.05) is 13.2 Å². The number of rotatable bonds is 3. The maximum atomic E-state index is 11.2. The quantitative estimate of drug-likeness (QED) is 0.707. The number of Topliss-reactive ketones (excluding diaryl/α,β-unsaturated/α-hetero) is 1. The Morgan fingerprint density at radius 1 is 1.62 bits per heavy atom. The van der Waals surface area contributed by atoms with Crippen LogP contribution in [0, 0.1) is 0 Å². The number of aliphatic hydroxyl groups excluding tert-OH is 1. The molecule has 1 fully saturated rings. The van der Waals surface area contributed by atoms with E-state index in [1.807, 2.05) is 6.92 Å². The molecule has 1 aliphatic heterocycles. The molecule has 2 atom stereocenters. The molecule has 1 saturated heterocycles. The van der Waals surface area contributed by atoms with E-state index in [0.717, 1.165) is 19.4 Å². The second-order valence-corrected chi connectivity index (χ2v) is 3.86. The number of likely N-dealkylation sites (tertiary alicyclic amines) is 1. The Morgan fingerprint density at radius 2 is 2.31 bits per heavy atom. The van der Waals surface area contributed by atoms with E-state index in [1.54, 1.807) is 6.92 Å². The summed E-state index contributed by atoms with van der Waals surface area (Å²) in [6.07, 6.45) is 3.34. The molecule has 13 heavy (non-hydrogen) atoms. The van der Waals surface area contributed by atoms with Crippen LogP contribution in [0.1, 0.15) is 33.1 Å². The van der Waals surface area contributed by atoms with Gasteiger partial charge in [0.25, 0.3) is 0 Å². The highest BCUT2D eigenvalue weighted by Crippen LogP contribution is 2.19. The number of nitrogens with zero attached hydrogens (tertiary/aromatic N) is 1. The number of carbonyl (C=O) groups excluding carboxylic acids is 1. The van der Waals surface area contributed by atoms with Gasteiger partial charge in [-0.25, -0.2) is 0 Å². The summed E-state index contributed by atoms with van der Waals surface area (Å²) in [4.78, 5) is 13.3. The molecule has 3 heteroatoms. The predicted octanol–water partition coefficient (Wildman–Crippen LogP) is 0.811. The zero-order chi connectivity index (χ0) is 9.84. The first-order valence-electron chi connectivity index (χ1n) is 5.04. The molecule has 76 valence electrons. The third kappa shape index (κ3) is 2.51. The lowest BCUT2D eigenvalue weighted by Gasteiger charge is -2.37. The average Bonchev–Trinajstić information content (AvgIpc) is 2.16. The van der Waals surface area contributed by atoms with Crippen molar-refractivity contribution in [1.82, 2.24) is 4.90 Å². The highest BCUT2D eigenvalue weighted by Gasteiger charge is 2.27. The number of ketones is 1. The Morgan fingerprint density at radius 3 is 2.85 bits per heavy atom. The van der Waals surface area contributed by atoms with Gasteiger partial charge >= 0.3 is 0 Å². The van der Waals surface area contributed by atoms with Crippen molar-refractivity contribution < 1.29 is 9.90 Å². The van der Waals surface area contributed by atoms with Crippen molar-refractivity contribution in [3.8, 4) is 0 Å². The number of hydrogen-bond acceptors (Lipinski definition) is 3. The lowest BCUT2D eigenvalue weighted by Crippen LogP contribution is -2.49. The molecule has 0 saturated carbocycles. The van der Waals surface area contributed by atoms with Crippen LogP contribution in [0.25, 0.3) is 0 Å². The van der Waals surface area contributed by atoms with Gasteiger partial charge in [-0.3, -0.25) is 9.69 Å². The van der Waals surface area contributed by atoms with Crippen LogP contribution in [0.4, 0.5) is 0 Å². The molecular formula is C10H19NO2. The molecule has 0 spiro atoms. The van der Waals surface area contributed by atoms with Crippen LogP contribution in [0.2, 0.25) is 0 Å². The van der Waals surface area contributed by atoms with Crippen molar-refractivity contribution in [1.29, 1.82) is 0 Å². The first kappa shape index (κ1) is 10.7. The molecule has 0 aromatic carbocycles. The van der Waals surface area contributed by atoms with Gasteiger partial charge in [0.1, 0.15) is 5.78 Å². The number of aliphatic hydroxyl groups is 1. The van der Waals surface area contributed by atoms with E-state index in [1.165, 1.54) is 6.42 Å². The third-order valence-corrected chi connectivity index (χ3v) is 2.97. The van der Waals surface area contributed by atoms with Crippen LogP contribution >= 0.6 is 0 Å². The van der Waals surface area contributed by atoms with Crippen molar-refractivity contribution in [3.05, 3.63) is 0 Å². The predicted molar refractivity (Wildman–Crippen MR) is 51.6 cm³/mol. The molecule has 2 unspecified atom stereocenters. The van der Waals surface area contributed by atoms with Crippen molar-refractivity contribution in [2.45, 2.75) is 45.2 Å². The van der Waals surface area contributed by atoms with Gasteiger partial charge < -0.3 is 5.11 Å². The first-order chi connectivity index (χ1) is 6.16. The van der Waals surface area contributed by atoms with E-state index in [9.17, 15) is 4.79 Å². The van der Waals surface area contributed by atoms with Gasteiger partial charge in [0.05, 0.1) is 12.6 Å². The zero-order valence-corrected chi connectivity index (χ0v) is 8.49. The Bertz CT molecular complexity index is 182. The Hall–Kier alpha value is -0.410. The number of carbonyl (C=O) groups is 1. The van der Waals surface area contributed by atoms with Crippen LogP contribution in [-0.4, -0.2) is 41.0 Å². The molecule has 0 amide bonds. The van der Waals surface area contributed by atoms with Gasteiger partial charge in [-0.15, -0.1) is 0 Å². The Balaban J connectivity index is 2.58. The maximum absolute atomic E-state index is 11.2. The fourth-order valence-corrected chi connectivity index (χ4v) is 1.96. The fourth-order valence-electron chi connectivity index (χ4n) is 1.96. The zero-order valence-electron chi connectivity index (χ0n) is 8.49. The highest BCUT2D eigenvalue weighted by molar-refractivity contribution is 5.81. The van der Waals surface area contributed by atoms with Crippen molar-refractivity contribution in [2.24, 2.45) is 0 Å². The third-order valence-electron chi connectivity index (χ3n) is 2.97. The lowest BCUT2D eigenvalue weighted by molar-refractivity contribution is -0.123. The summed E-state index contributed by atoms with van der Waals surface area (Å²) in [5, 5.41) is 9.14. The molecule has 1 N–H and O–H groups in total. The molecular weight excluding hydrogens is 166 g/mol. The molecule has 1 rings (SSSR count). The number of hydrogen-bond donors (Lipinski definition) is 1. The van der Waals surface area contributed by atoms with Crippen LogP contribution < -0.4 is 0 Å². The van der Waals surface area contributed by atoms with E-state index in [2.05, 4.69) is 4.90 Å². The van der Waals surface area contributed by atoms with Gasteiger partial charge in [-0.2, -0.15) is 0 Å². The maximum Gasteiger partial charge on any atom is 0.146 e. The van der Waals surface area contributed by atoms with E-state index in [-0.39, 0.29) is 24.5 Å². The molecule has 0 aliphatic carbocycles. The summed E-state index contributed by atoms with van der Waals surface area (Å²) in [7, 11) is 0. The summed E-state index contributed by atoms with van der Waals surface area (Å²) in [5.74, 6) is 0.195. The van der Waals surface area contributed by atoms with E-state index < -0.39 is 0 Å². The first-order valence-corrected chi connectivity index (χ1v) is 5.04. The second-order valence-electron chi connectivity index (χ2n) is 3.86. The van der Waals surface area contributed by atoms with E-state index in [4.69, 9.17) is 5.11 Å². The number of piperidine rings is 1. The molecule has 1 heterocycles. The van der Waals surface area contributed by atoms with E-state index in [0.29, 0.717) is 0 Å². The largest absolute Gasteiger partial charge is 0.395 e. The molecule has 3 nitrogen and oxygen atoms in total. The van der Waals surface area contributed by atoms with E-state index >= 15 is 0 Å². The van der Waals surface area contributed by atoms with Crippen LogP contribution in [0.5, 0.6) is 0 Å². The molecule has 0 aromatic rings. The van der Waals surface area contributed by atoms with Crippen LogP contribution in [0.15, 0.2) is 0 Å². The fraction of sp³-hybridized carbons (Fsp3) is 0.900.